The Hall–Kier alpha value is -1.10. The molecule has 0 saturated carbocycles. The molecule has 0 amide bonds. The maximum Gasteiger partial charge on any atom is 0.119 e. The van der Waals surface area contributed by atoms with Crippen LogP contribution in [0.3, 0.4) is 0 Å². The van der Waals surface area contributed by atoms with Crippen LogP contribution in [0, 0.1) is 13.0 Å². The molecule has 2 aromatic carbocycles. The third kappa shape index (κ3) is 2.44. The van der Waals surface area contributed by atoms with Crippen molar-refractivity contribution < 1.29 is 24.8 Å². The summed E-state index contributed by atoms with van der Waals surface area (Å²) in [6.07, 6.45) is 0. The summed E-state index contributed by atoms with van der Waals surface area (Å²) in [4.78, 5) is 0. The zero-order chi connectivity index (χ0) is 11.5. The molecule has 1 radical (unpaired) electrons. The van der Waals surface area contributed by atoms with Crippen LogP contribution in [-0.2, 0) is 20.4 Å². The first-order chi connectivity index (χ1) is 7.86. The molecule has 0 aliphatic rings. The van der Waals surface area contributed by atoms with Gasteiger partial charge in [0.25, 0.3) is 0 Å². The summed E-state index contributed by atoms with van der Waals surface area (Å²) in [6, 6.07) is 15.1. The van der Waals surface area contributed by atoms with Crippen molar-refractivity contribution in [3.63, 3.8) is 0 Å². The van der Waals surface area contributed by atoms with Crippen molar-refractivity contribution in [1.29, 1.82) is 0 Å². The summed E-state index contributed by atoms with van der Waals surface area (Å²) < 4.78 is 5.75. The molecule has 0 atom stereocenters. The standard InChI is InChI=1S/C13H9O.C2H6.Re/c1-9-5-4-7-11-10-6-2-3-8-12(10)14-13(9)11;1-2;/h2,4-8H,1H3;1-2H3;/q-1;;. The van der Waals surface area contributed by atoms with Crippen molar-refractivity contribution in [2.45, 2.75) is 20.8 Å². The van der Waals surface area contributed by atoms with Gasteiger partial charge in [0, 0.05) is 31.4 Å². The molecule has 1 nitrogen and oxygen atoms in total. The van der Waals surface area contributed by atoms with Crippen LogP contribution in [0.5, 0.6) is 0 Å². The molecule has 3 aromatic rings. The van der Waals surface area contributed by atoms with Gasteiger partial charge >= 0.3 is 0 Å². The van der Waals surface area contributed by atoms with E-state index in [2.05, 4.69) is 31.2 Å². The normalized spacial score (nSPS) is 9.59. The topological polar surface area (TPSA) is 13.1 Å². The first-order valence-corrected chi connectivity index (χ1v) is 5.64. The molecule has 1 aromatic heterocycles. The fraction of sp³-hybridized carbons (Fsp3) is 0.200. The van der Waals surface area contributed by atoms with Gasteiger partial charge in [0.2, 0.25) is 0 Å². The van der Waals surface area contributed by atoms with Gasteiger partial charge in [-0.2, -0.15) is 18.2 Å². The molecule has 0 aliphatic carbocycles. The van der Waals surface area contributed by atoms with E-state index in [1.54, 1.807) is 0 Å². The van der Waals surface area contributed by atoms with Gasteiger partial charge in [-0.25, -0.2) is 0 Å². The van der Waals surface area contributed by atoms with E-state index in [1.807, 2.05) is 32.0 Å². The zero-order valence-electron chi connectivity index (χ0n) is 10.3. The van der Waals surface area contributed by atoms with Gasteiger partial charge in [-0.15, -0.1) is 6.07 Å². The minimum Gasteiger partial charge on any atom is -0.515 e. The van der Waals surface area contributed by atoms with E-state index >= 15 is 0 Å². The number of fused-ring (bicyclic) bond motifs is 3. The predicted octanol–water partition coefficient (Wildman–Crippen LogP) is 4.72. The van der Waals surface area contributed by atoms with Gasteiger partial charge in [0.1, 0.15) is 5.58 Å². The summed E-state index contributed by atoms with van der Waals surface area (Å²) in [5.41, 5.74) is 3.08. The van der Waals surface area contributed by atoms with E-state index in [1.165, 1.54) is 16.3 Å². The Morgan fingerprint density at radius 1 is 1.06 bits per heavy atom. The maximum atomic E-state index is 5.75. The van der Waals surface area contributed by atoms with Crippen molar-refractivity contribution in [3.8, 4) is 0 Å². The van der Waals surface area contributed by atoms with Crippen LogP contribution in [0.2, 0.25) is 0 Å². The number of para-hydroxylation sites is 1. The first-order valence-electron chi connectivity index (χ1n) is 5.64. The van der Waals surface area contributed by atoms with Crippen LogP contribution in [-0.4, -0.2) is 0 Å². The molecule has 0 aliphatic heterocycles. The van der Waals surface area contributed by atoms with Crippen molar-refractivity contribution in [1.82, 2.24) is 0 Å². The summed E-state index contributed by atoms with van der Waals surface area (Å²) in [6.45, 7) is 6.06. The van der Waals surface area contributed by atoms with Gasteiger partial charge in [0.05, 0.1) is 0 Å². The summed E-state index contributed by atoms with van der Waals surface area (Å²) in [5.74, 6) is 0. The predicted molar refractivity (Wildman–Crippen MR) is 68.6 cm³/mol. The molecule has 2 heteroatoms. The molecule has 89 valence electrons. The van der Waals surface area contributed by atoms with Crippen LogP contribution in [0.1, 0.15) is 19.4 Å². The van der Waals surface area contributed by atoms with E-state index in [0.29, 0.717) is 0 Å². The minimum atomic E-state index is 0. The Balaban J connectivity index is 0.000000459. The third-order valence-corrected chi connectivity index (χ3v) is 2.54. The number of furan rings is 1. The number of hydrogen-bond donors (Lipinski definition) is 0. The van der Waals surface area contributed by atoms with Crippen LogP contribution < -0.4 is 0 Å². The van der Waals surface area contributed by atoms with Gasteiger partial charge in [0.15, 0.2) is 0 Å². The Morgan fingerprint density at radius 2 is 1.82 bits per heavy atom. The molecule has 1 heterocycles. The van der Waals surface area contributed by atoms with E-state index < -0.39 is 0 Å². The molecule has 0 fully saturated rings. The Labute approximate surface area is 115 Å². The average Bonchev–Trinajstić information content (AvgIpc) is 2.72. The molecular formula is C15H15ORe-. The van der Waals surface area contributed by atoms with Gasteiger partial charge in [-0.3, -0.25) is 0 Å². The molecule has 0 N–H and O–H groups in total. The van der Waals surface area contributed by atoms with E-state index in [0.717, 1.165) is 11.2 Å². The minimum absolute atomic E-state index is 0. The summed E-state index contributed by atoms with van der Waals surface area (Å²) >= 11 is 0. The molecule has 0 unspecified atom stereocenters. The second-order valence-corrected chi connectivity index (χ2v) is 3.48. The Morgan fingerprint density at radius 3 is 2.59 bits per heavy atom. The number of benzene rings is 2. The van der Waals surface area contributed by atoms with E-state index in [-0.39, 0.29) is 20.4 Å². The van der Waals surface area contributed by atoms with Gasteiger partial charge in [-0.1, -0.05) is 37.4 Å². The smallest absolute Gasteiger partial charge is 0.119 e. The quantitative estimate of drug-likeness (QED) is 0.501. The molecular weight excluding hydrogens is 382 g/mol. The second kappa shape index (κ2) is 6.00. The van der Waals surface area contributed by atoms with E-state index in [9.17, 15) is 0 Å². The average molecular weight is 397 g/mol. The SMILES string of the molecule is CC.Cc1cccc2c1oc1c[c-]ccc12.[Re]. The van der Waals surface area contributed by atoms with Crippen LogP contribution >= 0.6 is 0 Å². The van der Waals surface area contributed by atoms with Crippen molar-refractivity contribution in [2.24, 2.45) is 0 Å². The fourth-order valence-electron chi connectivity index (χ4n) is 1.83. The number of hydrogen-bond acceptors (Lipinski definition) is 1. The molecule has 0 bridgehead atoms. The van der Waals surface area contributed by atoms with Crippen LogP contribution in [0.25, 0.3) is 21.9 Å². The molecule has 17 heavy (non-hydrogen) atoms. The molecule has 0 saturated heterocycles. The number of aryl methyl sites for hydroxylation is 1. The zero-order valence-corrected chi connectivity index (χ0v) is 13.0. The van der Waals surface area contributed by atoms with Crippen LogP contribution in [0.15, 0.2) is 40.8 Å². The van der Waals surface area contributed by atoms with E-state index in [4.69, 9.17) is 4.42 Å². The Kier molecular flexibility index (Phi) is 4.93. The van der Waals surface area contributed by atoms with Crippen molar-refractivity contribution >= 4 is 21.9 Å². The molecule has 3 rings (SSSR count). The fourth-order valence-corrected chi connectivity index (χ4v) is 1.83. The third-order valence-electron chi connectivity index (χ3n) is 2.54. The van der Waals surface area contributed by atoms with Gasteiger partial charge in [-0.05, 0) is 12.5 Å². The second-order valence-electron chi connectivity index (χ2n) is 3.48. The Bertz CT molecular complexity index is 610. The maximum absolute atomic E-state index is 5.75. The number of rotatable bonds is 0. The van der Waals surface area contributed by atoms with Crippen molar-refractivity contribution in [3.05, 3.63) is 48.0 Å². The largest absolute Gasteiger partial charge is 0.515 e. The first kappa shape index (κ1) is 14.0. The summed E-state index contributed by atoms with van der Waals surface area (Å²) in [7, 11) is 0. The van der Waals surface area contributed by atoms with Crippen molar-refractivity contribution in [2.75, 3.05) is 0 Å². The monoisotopic (exact) mass is 398 g/mol. The van der Waals surface area contributed by atoms with Gasteiger partial charge < -0.3 is 4.42 Å². The van der Waals surface area contributed by atoms with Crippen LogP contribution in [0.4, 0.5) is 0 Å². The summed E-state index contributed by atoms with van der Waals surface area (Å²) in [5, 5.41) is 2.36. The molecule has 0 spiro atoms.